The van der Waals surface area contributed by atoms with Crippen LogP contribution < -0.4 is 10.1 Å². The molecule has 1 aromatic carbocycles. The van der Waals surface area contributed by atoms with Crippen molar-refractivity contribution in [2.24, 2.45) is 0 Å². The molecule has 2 unspecified atom stereocenters. The average Bonchev–Trinajstić information content (AvgIpc) is 2.66. The molecule has 7 nitrogen and oxygen atoms in total. The molecule has 2 rings (SSSR count). The van der Waals surface area contributed by atoms with Crippen LogP contribution in [0.3, 0.4) is 0 Å². The molecule has 1 heterocycles. The molecule has 0 radical (unpaired) electrons. The van der Waals surface area contributed by atoms with E-state index in [0.29, 0.717) is 11.4 Å². The van der Waals surface area contributed by atoms with Gasteiger partial charge in [-0.1, -0.05) is 30.3 Å². The molecule has 26 heavy (non-hydrogen) atoms. The Labute approximate surface area is 152 Å². The summed E-state index contributed by atoms with van der Waals surface area (Å²) in [6, 6.07) is 11.0. The highest BCUT2D eigenvalue weighted by atomic mass is 16.5. The first kappa shape index (κ1) is 19.7. The van der Waals surface area contributed by atoms with Gasteiger partial charge in [0.2, 0.25) is 5.88 Å². The molecule has 3 N–H and O–H groups in total. The van der Waals surface area contributed by atoms with Gasteiger partial charge in [0.15, 0.2) is 0 Å². The van der Waals surface area contributed by atoms with Crippen molar-refractivity contribution in [2.45, 2.75) is 32.2 Å². The minimum absolute atomic E-state index is 0.174. The monoisotopic (exact) mass is 360 g/mol. The second kappa shape index (κ2) is 9.74. The first-order chi connectivity index (χ1) is 12.5. The molecule has 0 aliphatic heterocycles. The number of rotatable bonds is 8. The van der Waals surface area contributed by atoms with Crippen molar-refractivity contribution in [3.8, 4) is 5.88 Å². The number of carbonyl (C=O) groups is 1. The minimum atomic E-state index is -1.10. The van der Waals surface area contributed by atoms with Gasteiger partial charge in [0.05, 0.1) is 13.2 Å². The van der Waals surface area contributed by atoms with Crippen LogP contribution in [0.25, 0.3) is 0 Å². The lowest BCUT2D eigenvalue weighted by atomic mass is 10.00. The number of aromatic nitrogens is 1. The van der Waals surface area contributed by atoms with Crippen LogP contribution in [0.15, 0.2) is 42.6 Å². The van der Waals surface area contributed by atoms with Crippen molar-refractivity contribution in [2.75, 3.05) is 13.7 Å². The second-order valence-electron chi connectivity index (χ2n) is 5.87. The molecule has 0 bridgehead atoms. The number of amides is 1. The summed E-state index contributed by atoms with van der Waals surface area (Å²) < 4.78 is 10.1. The highest BCUT2D eigenvalue weighted by molar-refractivity contribution is 5.67. The molecule has 0 saturated carbocycles. The van der Waals surface area contributed by atoms with E-state index in [0.717, 1.165) is 11.1 Å². The normalized spacial score (nSPS) is 12.9. The number of pyridine rings is 1. The summed E-state index contributed by atoms with van der Waals surface area (Å²) in [6.45, 7) is 2.15. The highest BCUT2D eigenvalue weighted by Crippen LogP contribution is 2.23. The van der Waals surface area contributed by atoms with E-state index in [1.165, 1.54) is 13.3 Å². The number of ether oxygens (including phenoxy) is 2. The van der Waals surface area contributed by atoms with Gasteiger partial charge in [-0.2, -0.15) is 0 Å². The lowest BCUT2D eigenvalue weighted by Crippen LogP contribution is -2.30. The Kier molecular flexibility index (Phi) is 7.37. The quantitative estimate of drug-likeness (QED) is 0.667. The zero-order valence-electron chi connectivity index (χ0n) is 14.9. The van der Waals surface area contributed by atoms with Crippen molar-refractivity contribution in [3.05, 3.63) is 59.3 Å². The van der Waals surface area contributed by atoms with Crippen LogP contribution in [0.4, 0.5) is 4.79 Å². The molecule has 0 aliphatic rings. The maximum atomic E-state index is 11.7. The summed E-state index contributed by atoms with van der Waals surface area (Å²) in [5, 5.41) is 23.0. The molecule has 0 fully saturated rings. The predicted molar refractivity (Wildman–Crippen MR) is 95.7 cm³/mol. The van der Waals surface area contributed by atoms with Gasteiger partial charge in [0.1, 0.15) is 12.7 Å². The van der Waals surface area contributed by atoms with Crippen molar-refractivity contribution < 1.29 is 24.5 Å². The number of benzene rings is 1. The Morgan fingerprint density at radius 3 is 2.65 bits per heavy atom. The number of aliphatic hydroxyl groups excluding tert-OH is 2. The number of hydrogen-bond donors (Lipinski definition) is 3. The molecule has 1 aromatic heterocycles. The zero-order chi connectivity index (χ0) is 18.9. The van der Waals surface area contributed by atoms with Crippen LogP contribution in [0.2, 0.25) is 0 Å². The molecule has 2 atom stereocenters. The SMILES string of the molecule is COc1cc(C)c(C(O)C(O)CCNC(=O)OCc2ccccc2)cn1. The largest absolute Gasteiger partial charge is 0.481 e. The van der Waals surface area contributed by atoms with Crippen LogP contribution in [-0.4, -0.2) is 41.0 Å². The number of aryl methyl sites for hydroxylation is 1. The summed E-state index contributed by atoms with van der Waals surface area (Å²) in [7, 11) is 1.51. The fourth-order valence-corrected chi connectivity index (χ4v) is 2.42. The Balaban J connectivity index is 1.75. The highest BCUT2D eigenvalue weighted by Gasteiger charge is 2.21. The Morgan fingerprint density at radius 1 is 1.27 bits per heavy atom. The van der Waals surface area contributed by atoms with Crippen LogP contribution in [0, 0.1) is 6.92 Å². The van der Waals surface area contributed by atoms with E-state index in [4.69, 9.17) is 9.47 Å². The lowest BCUT2D eigenvalue weighted by molar-refractivity contribution is 0.0130. The fraction of sp³-hybridized carbons (Fsp3) is 0.368. The van der Waals surface area contributed by atoms with E-state index in [-0.39, 0.29) is 19.6 Å². The van der Waals surface area contributed by atoms with Gasteiger partial charge in [0.25, 0.3) is 0 Å². The van der Waals surface area contributed by atoms with Crippen LogP contribution in [0.5, 0.6) is 5.88 Å². The third-order valence-electron chi connectivity index (χ3n) is 3.94. The minimum Gasteiger partial charge on any atom is -0.481 e. The van der Waals surface area contributed by atoms with E-state index in [1.54, 1.807) is 13.0 Å². The van der Waals surface area contributed by atoms with Gasteiger partial charge in [0, 0.05) is 24.4 Å². The number of methoxy groups -OCH3 is 1. The van der Waals surface area contributed by atoms with Crippen LogP contribution in [0.1, 0.15) is 29.2 Å². The average molecular weight is 360 g/mol. The predicted octanol–water partition coefficient (Wildman–Crippen LogP) is 2.11. The summed E-state index contributed by atoms with van der Waals surface area (Å²) in [4.78, 5) is 15.7. The lowest BCUT2D eigenvalue weighted by Gasteiger charge is -2.20. The molecule has 0 saturated heterocycles. The van der Waals surface area contributed by atoms with Crippen molar-refractivity contribution in [1.82, 2.24) is 10.3 Å². The maximum Gasteiger partial charge on any atom is 0.407 e. The summed E-state index contributed by atoms with van der Waals surface area (Å²) >= 11 is 0. The Bertz CT molecular complexity index is 708. The molecule has 7 heteroatoms. The van der Waals surface area contributed by atoms with E-state index in [2.05, 4.69) is 10.3 Å². The van der Waals surface area contributed by atoms with E-state index in [9.17, 15) is 15.0 Å². The molecular weight excluding hydrogens is 336 g/mol. The number of alkyl carbamates (subject to hydrolysis) is 1. The molecule has 0 spiro atoms. The van der Waals surface area contributed by atoms with Gasteiger partial charge >= 0.3 is 6.09 Å². The molecule has 1 amide bonds. The standard InChI is InChI=1S/C19H24N2O5/c1-13-10-17(25-2)21-11-15(13)18(23)16(22)8-9-20-19(24)26-12-14-6-4-3-5-7-14/h3-7,10-11,16,18,22-23H,8-9,12H2,1-2H3,(H,20,24). The van der Waals surface area contributed by atoms with Crippen molar-refractivity contribution in [1.29, 1.82) is 0 Å². The van der Waals surface area contributed by atoms with Gasteiger partial charge in [-0.15, -0.1) is 0 Å². The second-order valence-corrected chi connectivity index (χ2v) is 5.87. The maximum absolute atomic E-state index is 11.7. The number of carbonyl (C=O) groups excluding carboxylic acids is 1. The molecule has 2 aromatic rings. The fourth-order valence-electron chi connectivity index (χ4n) is 2.42. The van der Waals surface area contributed by atoms with Gasteiger partial charge < -0.3 is 25.0 Å². The number of hydrogen-bond acceptors (Lipinski definition) is 6. The van der Waals surface area contributed by atoms with Crippen molar-refractivity contribution in [3.63, 3.8) is 0 Å². The third-order valence-corrected chi connectivity index (χ3v) is 3.94. The van der Waals surface area contributed by atoms with Crippen LogP contribution >= 0.6 is 0 Å². The molecule has 0 aliphatic carbocycles. The first-order valence-corrected chi connectivity index (χ1v) is 8.32. The summed E-state index contributed by atoms with van der Waals surface area (Å²) in [5.74, 6) is 0.441. The van der Waals surface area contributed by atoms with Gasteiger partial charge in [-0.25, -0.2) is 9.78 Å². The molecule has 140 valence electrons. The topological polar surface area (TPSA) is 101 Å². The summed E-state index contributed by atoms with van der Waals surface area (Å²) in [6.07, 6.45) is -1.07. The van der Waals surface area contributed by atoms with Gasteiger partial charge in [-0.05, 0) is 24.5 Å². The molecular formula is C19H24N2O5. The van der Waals surface area contributed by atoms with Gasteiger partial charge in [-0.3, -0.25) is 0 Å². The van der Waals surface area contributed by atoms with Crippen LogP contribution in [-0.2, 0) is 11.3 Å². The van der Waals surface area contributed by atoms with E-state index < -0.39 is 18.3 Å². The van der Waals surface area contributed by atoms with E-state index in [1.807, 2.05) is 30.3 Å². The first-order valence-electron chi connectivity index (χ1n) is 8.32. The Morgan fingerprint density at radius 2 is 2.00 bits per heavy atom. The third kappa shape index (κ3) is 5.72. The zero-order valence-corrected chi connectivity index (χ0v) is 14.9. The number of aliphatic hydroxyl groups is 2. The van der Waals surface area contributed by atoms with Crippen molar-refractivity contribution >= 4 is 6.09 Å². The Hall–Kier alpha value is -2.64. The van der Waals surface area contributed by atoms with E-state index >= 15 is 0 Å². The smallest absolute Gasteiger partial charge is 0.407 e. The number of nitrogens with zero attached hydrogens (tertiary/aromatic N) is 1. The number of nitrogens with one attached hydrogen (secondary N) is 1. The summed E-state index contributed by atoms with van der Waals surface area (Å²) in [5.41, 5.74) is 2.17.